The zero-order valence-corrected chi connectivity index (χ0v) is 12.4. The van der Waals surface area contributed by atoms with Crippen molar-refractivity contribution in [3.05, 3.63) is 51.5 Å². The van der Waals surface area contributed by atoms with E-state index in [4.69, 9.17) is 16.7 Å². The first-order valence-electron chi connectivity index (χ1n) is 5.73. The first-order chi connectivity index (χ1) is 9.54. The maximum atomic E-state index is 10.8. The van der Waals surface area contributed by atoms with Crippen LogP contribution in [-0.2, 0) is 0 Å². The van der Waals surface area contributed by atoms with Crippen LogP contribution >= 0.6 is 27.5 Å². The number of nitrogens with one attached hydrogen (secondary N) is 1. The zero-order valence-electron chi connectivity index (χ0n) is 10.0. The van der Waals surface area contributed by atoms with Gasteiger partial charge in [0.25, 0.3) is 0 Å². The number of rotatable bonds is 2. The summed E-state index contributed by atoms with van der Waals surface area (Å²) in [6.07, 6.45) is 0. The van der Waals surface area contributed by atoms with Gasteiger partial charge in [-0.15, -0.1) is 0 Å². The Hall–Kier alpha value is -1.85. The molecule has 4 nitrogen and oxygen atoms in total. The number of hydrogen-bond donors (Lipinski definition) is 2. The molecule has 1 aromatic heterocycles. The van der Waals surface area contributed by atoms with Crippen molar-refractivity contribution in [1.82, 2.24) is 9.97 Å². The summed E-state index contributed by atoms with van der Waals surface area (Å²) < 4.78 is 0.810. The van der Waals surface area contributed by atoms with Crippen molar-refractivity contribution in [1.29, 1.82) is 0 Å². The lowest BCUT2D eigenvalue weighted by atomic mass is 10.1. The molecule has 0 radical (unpaired) electrons. The summed E-state index contributed by atoms with van der Waals surface area (Å²) in [6, 6.07) is 10.1. The second-order valence-corrected chi connectivity index (χ2v) is 5.54. The summed E-state index contributed by atoms with van der Waals surface area (Å²) in [6.45, 7) is 0. The van der Waals surface area contributed by atoms with Crippen molar-refractivity contribution < 1.29 is 9.90 Å². The molecule has 0 aliphatic carbocycles. The fraction of sp³-hybridized carbons (Fsp3) is 0. The van der Waals surface area contributed by atoms with E-state index < -0.39 is 5.97 Å². The van der Waals surface area contributed by atoms with Crippen molar-refractivity contribution in [3.8, 4) is 11.4 Å². The quantitative estimate of drug-likeness (QED) is 0.721. The lowest BCUT2D eigenvalue weighted by molar-refractivity contribution is 0.0697. The molecule has 3 rings (SSSR count). The molecule has 0 aliphatic heterocycles. The third kappa shape index (κ3) is 2.30. The molecule has 0 unspecified atom stereocenters. The van der Waals surface area contributed by atoms with E-state index in [0.29, 0.717) is 10.8 Å². The lowest BCUT2D eigenvalue weighted by Gasteiger charge is -1.97. The molecule has 0 amide bonds. The van der Waals surface area contributed by atoms with Gasteiger partial charge in [0, 0.05) is 15.1 Å². The van der Waals surface area contributed by atoms with E-state index in [1.165, 1.54) is 0 Å². The molecular weight excluding hydrogens is 344 g/mol. The molecule has 0 atom stereocenters. The molecule has 0 fully saturated rings. The molecule has 3 aromatic rings. The van der Waals surface area contributed by atoms with E-state index in [-0.39, 0.29) is 5.56 Å². The van der Waals surface area contributed by atoms with Crippen LogP contribution in [0.1, 0.15) is 10.4 Å². The van der Waals surface area contributed by atoms with Crippen molar-refractivity contribution in [3.63, 3.8) is 0 Å². The normalized spacial score (nSPS) is 10.9. The van der Waals surface area contributed by atoms with E-state index in [1.54, 1.807) is 36.4 Å². The minimum atomic E-state index is -0.948. The highest BCUT2D eigenvalue weighted by atomic mass is 79.9. The fourth-order valence-electron chi connectivity index (χ4n) is 1.95. The number of aromatic amines is 1. The third-order valence-corrected chi connectivity index (χ3v) is 3.73. The second-order valence-electron chi connectivity index (χ2n) is 4.25. The minimum Gasteiger partial charge on any atom is -0.478 e. The van der Waals surface area contributed by atoms with Crippen molar-refractivity contribution in [2.24, 2.45) is 0 Å². The topological polar surface area (TPSA) is 66.0 Å². The fourth-order valence-corrected chi connectivity index (χ4v) is 2.85. The van der Waals surface area contributed by atoms with Gasteiger partial charge in [-0.3, -0.25) is 0 Å². The van der Waals surface area contributed by atoms with Crippen LogP contribution in [0.3, 0.4) is 0 Å². The van der Waals surface area contributed by atoms with Gasteiger partial charge in [-0.25, -0.2) is 9.78 Å². The molecule has 6 heteroatoms. The van der Waals surface area contributed by atoms with Gasteiger partial charge < -0.3 is 10.1 Å². The maximum absolute atomic E-state index is 10.8. The number of carbonyl (C=O) groups is 1. The molecule has 0 aliphatic rings. The average Bonchev–Trinajstić information content (AvgIpc) is 2.83. The first kappa shape index (κ1) is 13.1. The van der Waals surface area contributed by atoms with Crippen LogP contribution in [0.4, 0.5) is 0 Å². The summed E-state index contributed by atoms with van der Waals surface area (Å²) in [5, 5.41) is 9.50. The summed E-state index contributed by atoms with van der Waals surface area (Å²) in [5.74, 6) is -0.282. The van der Waals surface area contributed by atoms with E-state index in [9.17, 15) is 4.79 Å². The molecule has 0 saturated carbocycles. The third-order valence-electron chi connectivity index (χ3n) is 2.91. The number of imidazole rings is 1. The summed E-state index contributed by atoms with van der Waals surface area (Å²) >= 11 is 9.41. The van der Waals surface area contributed by atoms with Crippen molar-refractivity contribution in [2.75, 3.05) is 0 Å². The van der Waals surface area contributed by atoms with Gasteiger partial charge in [0.1, 0.15) is 11.3 Å². The molecular formula is C14H8BrClN2O2. The number of fused-ring (bicyclic) bond motifs is 1. The molecule has 0 bridgehead atoms. The second kappa shape index (κ2) is 4.92. The molecule has 1 heterocycles. The Morgan fingerprint density at radius 3 is 2.60 bits per heavy atom. The Morgan fingerprint density at radius 2 is 1.95 bits per heavy atom. The van der Waals surface area contributed by atoms with Gasteiger partial charge in [-0.2, -0.15) is 0 Å². The number of aromatic nitrogens is 2. The molecule has 0 spiro atoms. The van der Waals surface area contributed by atoms with E-state index >= 15 is 0 Å². The SMILES string of the molecule is O=C(O)c1ccc(-c2nc3c(Br)cc(Cl)cc3[nH]2)cc1. The predicted molar refractivity (Wildman–Crippen MR) is 81.2 cm³/mol. The number of benzene rings is 2. The molecule has 2 N–H and O–H groups in total. The Morgan fingerprint density at radius 1 is 1.25 bits per heavy atom. The largest absolute Gasteiger partial charge is 0.478 e. The van der Waals surface area contributed by atoms with Gasteiger partial charge in [-0.1, -0.05) is 23.7 Å². The maximum Gasteiger partial charge on any atom is 0.335 e. The van der Waals surface area contributed by atoms with Crippen molar-refractivity contribution >= 4 is 44.5 Å². The smallest absolute Gasteiger partial charge is 0.335 e. The number of hydrogen-bond acceptors (Lipinski definition) is 2. The highest BCUT2D eigenvalue weighted by Crippen LogP contribution is 2.29. The Kier molecular flexibility index (Phi) is 3.23. The highest BCUT2D eigenvalue weighted by molar-refractivity contribution is 9.10. The monoisotopic (exact) mass is 350 g/mol. The van der Waals surface area contributed by atoms with Gasteiger partial charge in [0.2, 0.25) is 0 Å². The number of carboxylic acid groups (broad SMARTS) is 1. The van der Waals surface area contributed by atoms with Crippen LogP contribution in [0.25, 0.3) is 22.4 Å². The highest BCUT2D eigenvalue weighted by Gasteiger charge is 2.10. The van der Waals surface area contributed by atoms with Crippen LogP contribution in [0, 0.1) is 0 Å². The standard InChI is InChI=1S/C14H8BrClN2O2/c15-10-5-9(16)6-11-12(10)18-13(17-11)7-1-3-8(4-2-7)14(19)20/h1-6H,(H,17,18)(H,19,20). The number of H-pyrrole nitrogens is 1. The zero-order chi connectivity index (χ0) is 14.3. The van der Waals surface area contributed by atoms with Crippen LogP contribution in [0.5, 0.6) is 0 Å². The van der Waals surface area contributed by atoms with Gasteiger partial charge in [0.15, 0.2) is 0 Å². The molecule has 2 aromatic carbocycles. The Bertz CT molecular complexity index is 812. The van der Waals surface area contributed by atoms with Crippen LogP contribution < -0.4 is 0 Å². The number of carboxylic acids is 1. The lowest BCUT2D eigenvalue weighted by Crippen LogP contribution is -1.95. The van der Waals surface area contributed by atoms with Gasteiger partial charge >= 0.3 is 5.97 Å². The average molecular weight is 352 g/mol. The summed E-state index contributed by atoms with van der Waals surface area (Å²) in [7, 11) is 0. The Balaban J connectivity index is 2.10. The Labute approximate surface area is 127 Å². The van der Waals surface area contributed by atoms with Gasteiger partial charge in [-0.05, 0) is 40.2 Å². The van der Waals surface area contributed by atoms with Crippen LogP contribution in [-0.4, -0.2) is 21.0 Å². The molecule has 100 valence electrons. The van der Waals surface area contributed by atoms with E-state index in [2.05, 4.69) is 25.9 Å². The number of halogens is 2. The minimum absolute atomic E-state index is 0.245. The predicted octanol–water partition coefficient (Wildman–Crippen LogP) is 4.34. The van der Waals surface area contributed by atoms with E-state index in [1.807, 2.05) is 0 Å². The number of nitrogens with zero attached hydrogens (tertiary/aromatic N) is 1. The molecule has 0 saturated heterocycles. The van der Waals surface area contributed by atoms with E-state index in [0.717, 1.165) is 21.1 Å². The first-order valence-corrected chi connectivity index (χ1v) is 6.90. The van der Waals surface area contributed by atoms with Crippen molar-refractivity contribution in [2.45, 2.75) is 0 Å². The molecule has 20 heavy (non-hydrogen) atoms. The van der Waals surface area contributed by atoms with Gasteiger partial charge in [0.05, 0.1) is 11.1 Å². The number of aromatic carboxylic acids is 1. The summed E-state index contributed by atoms with van der Waals surface area (Å²) in [5.41, 5.74) is 2.66. The van der Waals surface area contributed by atoms with Crippen LogP contribution in [0.15, 0.2) is 40.9 Å². The van der Waals surface area contributed by atoms with Crippen LogP contribution in [0.2, 0.25) is 5.02 Å². The summed E-state index contributed by atoms with van der Waals surface area (Å²) in [4.78, 5) is 18.5.